The van der Waals surface area contributed by atoms with Gasteiger partial charge in [0.25, 0.3) is 0 Å². The Morgan fingerprint density at radius 3 is 1.91 bits per heavy atom. The molecule has 5 heteroatoms. The van der Waals surface area contributed by atoms with E-state index in [0.717, 1.165) is 65.7 Å². The van der Waals surface area contributed by atoms with Crippen LogP contribution in [0.15, 0.2) is 53.7 Å². The number of rotatable bonds is 17. The predicted molar refractivity (Wildman–Crippen MR) is 145 cm³/mol. The molecule has 0 atom stereocenters. The summed E-state index contributed by atoms with van der Waals surface area (Å²) >= 11 is 0. The summed E-state index contributed by atoms with van der Waals surface area (Å²) in [5.41, 5.74) is 4.16. The number of hydrogen-bond donors (Lipinski definition) is 0. The number of ether oxygens (including phenoxy) is 3. The first-order valence-electron chi connectivity index (χ1n) is 12.8. The van der Waals surface area contributed by atoms with Gasteiger partial charge in [0.05, 0.1) is 18.9 Å². The third-order valence-electron chi connectivity index (χ3n) is 5.82. The van der Waals surface area contributed by atoms with Crippen LogP contribution in [0.25, 0.3) is 0 Å². The molecule has 35 heavy (non-hydrogen) atoms. The molecular formula is C30H43NO4. The van der Waals surface area contributed by atoms with Crippen LogP contribution in [0, 0.1) is 13.8 Å². The molecule has 2 aromatic rings. The first kappa shape index (κ1) is 28.3. The fourth-order valence-electron chi connectivity index (χ4n) is 3.90. The van der Waals surface area contributed by atoms with Crippen LogP contribution in [0.4, 0.5) is 0 Å². The van der Waals surface area contributed by atoms with E-state index in [9.17, 15) is 0 Å². The van der Waals surface area contributed by atoms with Crippen molar-refractivity contribution in [3.63, 3.8) is 0 Å². The van der Waals surface area contributed by atoms with Crippen molar-refractivity contribution < 1.29 is 19.0 Å². The van der Waals surface area contributed by atoms with E-state index in [1.54, 1.807) is 7.11 Å². The van der Waals surface area contributed by atoms with E-state index in [4.69, 9.17) is 19.0 Å². The molecule has 0 heterocycles. The van der Waals surface area contributed by atoms with E-state index in [1.165, 1.54) is 32.1 Å². The van der Waals surface area contributed by atoms with Crippen LogP contribution in [0.5, 0.6) is 17.2 Å². The Kier molecular flexibility index (Phi) is 13.4. The molecule has 0 bridgehead atoms. The smallest absolute Gasteiger partial charge is 0.125 e. The number of oxime groups is 1. The minimum Gasteiger partial charge on any atom is -0.494 e. The Labute approximate surface area is 212 Å². The van der Waals surface area contributed by atoms with Gasteiger partial charge >= 0.3 is 0 Å². The van der Waals surface area contributed by atoms with Crippen molar-refractivity contribution in [3.8, 4) is 17.2 Å². The Balaban J connectivity index is 1.51. The normalized spacial score (nSPS) is 11.6. The molecule has 0 spiro atoms. The highest BCUT2D eigenvalue weighted by molar-refractivity contribution is 5.98. The van der Waals surface area contributed by atoms with Gasteiger partial charge in [-0.05, 0) is 93.6 Å². The predicted octanol–water partition coefficient (Wildman–Crippen LogP) is 7.82. The highest BCUT2D eigenvalue weighted by Gasteiger charge is 2.07. The van der Waals surface area contributed by atoms with E-state index in [0.29, 0.717) is 6.61 Å². The summed E-state index contributed by atoms with van der Waals surface area (Å²) in [4.78, 5) is 4.82. The molecular weight excluding hydrogens is 438 g/mol. The molecule has 0 saturated heterocycles. The second-order valence-corrected chi connectivity index (χ2v) is 8.82. The number of unbranched alkanes of at least 4 members (excludes halogenated alkanes) is 6. The van der Waals surface area contributed by atoms with Crippen LogP contribution >= 0.6 is 0 Å². The summed E-state index contributed by atoms with van der Waals surface area (Å²) in [6.07, 6.45) is 12.4. The van der Waals surface area contributed by atoms with E-state index >= 15 is 0 Å². The summed E-state index contributed by atoms with van der Waals surface area (Å²) in [5, 5.41) is 3.95. The van der Waals surface area contributed by atoms with E-state index in [1.807, 2.05) is 50.3 Å². The van der Waals surface area contributed by atoms with Gasteiger partial charge < -0.3 is 19.0 Å². The van der Waals surface area contributed by atoms with Crippen LogP contribution < -0.4 is 14.2 Å². The van der Waals surface area contributed by atoms with Gasteiger partial charge in [-0.3, -0.25) is 0 Å². The van der Waals surface area contributed by atoms with Crippen molar-refractivity contribution in [1.82, 2.24) is 0 Å². The van der Waals surface area contributed by atoms with Crippen molar-refractivity contribution in [2.45, 2.75) is 72.6 Å². The third-order valence-corrected chi connectivity index (χ3v) is 5.82. The maximum atomic E-state index is 6.08. The lowest BCUT2D eigenvalue weighted by molar-refractivity contribution is 0.213. The summed E-state index contributed by atoms with van der Waals surface area (Å²) < 4.78 is 17.7. The number of hydrogen-bond acceptors (Lipinski definition) is 5. The zero-order valence-electron chi connectivity index (χ0n) is 22.3. The van der Waals surface area contributed by atoms with Gasteiger partial charge in [0.2, 0.25) is 0 Å². The Morgan fingerprint density at radius 2 is 1.34 bits per heavy atom. The molecule has 0 aliphatic carbocycles. The summed E-state index contributed by atoms with van der Waals surface area (Å²) in [6.45, 7) is 10.2. The minimum absolute atomic E-state index is 0.599. The van der Waals surface area contributed by atoms with Crippen molar-refractivity contribution >= 4 is 5.71 Å². The lowest BCUT2D eigenvalue weighted by Gasteiger charge is -2.14. The molecule has 0 amide bonds. The summed E-state index contributed by atoms with van der Waals surface area (Å²) in [6, 6.07) is 12.1. The van der Waals surface area contributed by atoms with Gasteiger partial charge in [-0.15, -0.1) is 0 Å². The molecule has 2 aromatic carbocycles. The van der Waals surface area contributed by atoms with Gasteiger partial charge in [-0.2, -0.15) is 0 Å². The molecule has 5 nitrogen and oxygen atoms in total. The first-order chi connectivity index (χ1) is 17.0. The van der Waals surface area contributed by atoms with Gasteiger partial charge in [0.1, 0.15) is 31.0 Å². The fraction of sp³-hybridized carbons (Fsp3) is 0.500. The quantitative estimate of drug-likeness (QED) is 0.1000. The molecule has 0 aliphatic rings. The van der Waals surface area contributed by atoms with E-state index in [2.05, 4.69) is 31.1 Å². The van der Waals surface area contributed by atoms with E-state index < -0.39 is 0 Å². The van der Waals surface area contributed by atoms with Crippen LogP contribution in [0.2, 0.25) is 0 Å². The molecule has 0 fully saturated rings. The SMILES string of the molecule is C/C=C/COc1cc(C)c(OCCCCCCCCCOc2ccc(C(C)=NOC)cc2)c(C)c1. The van der Waals surface area contributed by atoms with Crippen LogP contribution in [-0.4, -0.2) is 32.6 Å². The minimum atomic E-state index is 0.599. The lowest BCUT2D eigenvalue weighted by Crippen LogP contribution is -2.02. The maximum absolute atomic E-state index is 6.08. The van der Waals surface area contributed by atoms with Crippen molar-refractivity contribution in [2.75, 3.05) is 26.9 Å². The second-order valence-electron chi connectivity index (χ2n) is 8.82. The second kappa shape index (κ2) is 16.6. The highest BCUT2D eigenvalue weighted by Crippen LogP contribution is 2.28. The van der Waals surface area contributed by atoms with Crippen LogP contribution in [-0.2, 0) is 4.84 Å². The maximum Gasteiger partial charge on any atom is 0.125 e. The van der Waals surface area contributed by atoms with Crippen molar-refractivity contribution in [2.24, 2.45) is 5.16 Å². The largest absolute Gasteiger partial charge is 0.494 e. The van der Waals surface area contributed by atoms with Crippen molar-refractivity contribution in [1.29, 1.82) is 0 Å². The molecule has 0 N–H and O–H groups in total. The molecule has 0 aliphatic heterocycles. The zero-order chi connectivity index (χ0) is 25.3. The average molecular weight is 482 g/mol. The number of aryl methyl sites for hydroxylation is 2. The zero-order valence-corrected chi connectivity index (χ0v) is 22.3. The first-order valence-corrected chi connectivity index (χ1v) is 12.8. The standard InChI is InChI=1S/C30H43NO4/c1-6-7-19-34-29-22-24(2)30(25(3)23-29)35-21-14-12-10-8-9-11-13-20-33-28-17-15-27(16-18-28)26(4)31-32-5/h6-7,15-18,22-23H,8-14,19-21H2,1-5H3/b7-6+,31-26?. The lowest BCUT2D eigenvalue weighted by atomic mass is 10.1. The van der Waals surface area contributed by atoms with Gasteiger partial charge in [0.15, 0.2) is 0 Å². The number of allylic oxidation sites excluding steroid dienone is 1. The highest BCUT2D eigenvalue weighted by atomic mass is 16.6. The van der Waals surface area contributed by atoms with Gasteiger partial charge in [-0.25, -0.2) is 0 Å². The van der Waals surface area contributed by atoms with Crippen LogP contribution in [0.1, 0.15) is 75.5 Å². The van der Waals surface area contributed by atoms with E-state index in [-0.39, 0.29) is 0 Å². The molecule has 0 radical (unpaired) electrons. The van der Waals surface area contributed by atoms with Gasteiger partial charge in [0, 0.05) is 0 Å². The fourth-order valence-corrected chi connectivity index (χ4v) is 3.90. The van der Waals surface area contributed by atoms with Crippen molar-refractivity contribution in [3.05, 3.63) is 65.2 Å². The number of nitrogens with zero attached hydrogens (tertiary/aromatic N) is 1. The molecule has 0 unspecified atom stereocenters. The monoisotopic (exact) mass is 481 g/mol. The molecule has 192 valence electrons. The Hall–Kier alpha value is -2.95. The summed E-state index contributed by atoms with van der Waals surface area (Å²) in [5.74, 6) is 2.80. The van der Waals surface area contributed by atoms with Gasteiger partial charge in [-0.1, -0.05) is 49.4 Å². The Bertz CT molecular complexity index is 895. The third kappa shape index (κ3) is 10.9. The Morgan fingerprint density at radius 1 is 0.771 bits per heavy atom. The average Bonchev–Trinajstić information content (AvgIpc) is 2.84. The van der Waals surface area contributed by atoms with Crippen LogP contribution in [0.3, 0.4) is 0 Å². The topological polar surface area (TPSA) is 49.3 Å². The molecule has 2 rings (SSSR count). The molecule has 0 aromatic heterocycles. The summed E-state index contributed by atoms with van der Waals surface area (Å²) in [7, 11) is 1.56. The molecule has 0 saturated carbocycles. The number of benzene rings is 2.